The van der Waals surface area contributed by atoms with Crippen LogP contribution in [0.4, 0.5) is 0 Å². The molecular formula is C11H20N4O. The van der Waals surface area contributed by atoms with Crippen LogP contribution < -0.4 is 10.6 Å². The van der Waals surface area contributed by atoms with Crippen molar-refractivity contribution >= 4 is 5.91 Å². The molecule has 0 atom stereocenters. The Morgan fingerprint density at radius 3 is 3.06 bits per heavy atom. The lowest BCUT2D eigenvalue weighted by Gasteiger charge is -2.08. The summed E-state index contributed by atoms with van der Waals surface area (Å²) in [6.45, 7) is 4.63. The van der Waals surface area contributed by atoms with E-state index in [4.69, 9.17) is 0 Å². The molecule has 0 spiro atoms. The topological polar surface area (TPSA) is 59.0 Å². The summed E-state index contributed by atoms with van der Waals surface area (Å²) in [5.74, 6) is 0.0566. The van der Waals surface area contributed by atoms with Gasteiger partial charge < -0.3 is 15.2 Å². The van der Waals surface area contributed by atoms with Gasteiger partial charge in [0.25, 0.3) is 0 Å². The lowest BCUT2D eigenvalue weighted by atomic mass is 10.3. The lowest BCUT2D eigenvalue weighted by Crippen LogP contribution is -2.21. The smallest absolute Gasteiger partial charge is 0.221 e. The van der Waals surface area contributed by atoms with Gasteiger partial charge in [-0.1, -0.05) is 6.92 Å². The van der Waals surface area contributed by atoms with E-state index < -0.39 is 0 Å². The van der Waals surface area contributed by atoms with Crippen LogP contribution in [0, 0.1) is 0 Å². The van der Waals surface area contributed by atoms with E-state index in [9.17, 15) is 4.79 Å². The Morgan fingerprint density at radius 1 is 1.56 bits per heavy atom. The largest absolute Gasteiger partial charge is 0.359 e. The molecule has 0 aliphatic heterocycles. The van der Waals surface area contributed by atoms with Crippen LogP contribution in [-0.4, -0.2) is 29.1 Å². The summed E-state index contributed by atoms with van der Waals surface area (Å²) >= 11 is 0. The standard InChI is InChI=1S/C11H20N4O/c1-3-5-13-7-10-8-14-9-15(10)6-4-11(16)12-2/h8-9,13H,3-7H2,1-2H3,(H,12,16). The van der Waals surface area contributed by atoms with E-state index >= 15 is 0 Å². The van der Waals surface area contributed by atoms with Crippen molar-refractivity contribution in [3.8, 4) is 0 Å². The summed E-state index contributed by atoms with van der Waals surface area (Å²) in [6.07, 6.45) is 5.22. The van der Waals surface area contributed by atoms with Crippen molar-refractivity contribution in [2.45, 2.75) is 32.9 Å². The molecule has 0 saturated heterocycles. The van der Waals surface area contributed by atoms with E-state index in [0.29, 0.717) is 13.0 Å². The van der Waals surface area contributed by atoms with Gasteiger partial charge in [0.1, 0.15) is 0 Å². The van der Waals surface area contributed by atoms with Crippen LogP contribution in [0.25, 0.3) is 0 Å². The summed E-state index contributed by atoms with van der Waals surface area (Å²) in [5, 5.41) is 5.93. The maximum absolute atomic E-state index is 11.1. The molecule has 1 rings (SSSR count). The minimum absolute atomic E-state index is 0.0566. The average molecular weight is 224 g/mol. The van der Waals surface area contributed by atoms with Crippen molar-refractivity contribution in [1.82, 2.24) is 20.2 Å². The molecule has 16 heavy (non-hydrogen) atoms. The monoisotopic (exact) mass is 224 g/mol. The number of nitrogens with zero attached hydrogens (tertiary/aromatic N) is 2. The van der Waals surface area contributed by atoms with Gasteiger partial charge in [-0.3, -0.25) is 4.79 Å². The second-order valence-electron chi connectivity index (χ2n) is 3.68. The molecule has 0 aliphatic rings. The van der Waals surface area contributed by atoms with Gasteiger partial charge in [-0.25, -0.2) is 4.98 Å². The van der Waals surface area contributed by atoms with Gasteiger partial charge >= 0.3 is 0 Å². The summed E-state index contributed by atoms with van der Waals surface area (Å²) < 4.78 is 2.01. The predicted molar refractivity (Wildman–Crippen MR) is 62.9 cm³/mol. The highest BCUT2D eigenvalue weighted by atomic mass is 16.1. The van der Waals surface area contributed by atoms with Gasteiger partial charge in [-0.05, 0) is 13.0 Å². The maximum Gasteiger partial charge on any atom is 0.221 e. The Morgan fingerprint density at radius 2 is 2.38 bits per heavy atom. The maximum atomic E-state index is 11.1. The van der Waals surface area contributed by atoms with Gasteiger partial charge in [0.2, 0.25) is 5.91 Å². The fourth-order valence-electron chi connectivity index (χ4n) is 1.44. The van der Waals surface area contributed by atoms with Crippen LogP contribution in [0.3, 0.4) is 0 Å². The zero-order valence-corrected chi connectivity index (χ0v) is 9.99. The Kier molecular flexibility index (Phi) is 5.56. The molecule has 0 aromatic carbocycles. The second kappa shape index (κ2) is 7.00. The highest BCUT2D eigenvalue weighted by Crippen LogP contribution is 2.00. The van der Waals surface area contributed by atoms with Crippen molar-refractivity contribution in [2.75, 3.05) is 13.6 Å². The number of aryl methyl sites for hydroxylation is 1. The third-order valence-corrected chi connectivity index (χ3v) is 2.39. The average Bonchev–Trinajstić information content (AvgIpc) is 2.74. The lowest BCUT2D eigenvalue weighted by molar-refractivity contribution is -0.120. The molecule has 2 N–H and O–H groups in total. The number of aromatic nitrogens is 2. The molecule has 0 radical (unpaired) electrons. The van der Waals surface area contributed by atoms with Gasteiger partial charge in [0.05, 0.1) is 12.0 Å². The molecule has 1 heterocycles. The summed E-state index contributed by atoms with van der Waals surface area (Å²) in [6, 6.07) is 0. The first-order chi connectivity index (χ1) is 7.77. The molecule has 90 valence electrons. The SMILES string of the molecule is CCCNCc1cncn1CCC(=O)NC. The first-order valence-electron chi connectivity index (χ1n) is 5.68. The number of amides is 1. The molecule has 0 saturated carbocycles. The number of rotatable bonds is 7. The molecule has 1 aromatic heterocycles. The fraction of sp³-hybridized carbons (Fsp3) is 0.636. The van der Waals surface area contributed by atoms with E-state index in [2.05, 4.69) is 22.5 Å². The fourth-order valence-corrected chi connectivity index (χ4v) is 1.44. The Bertz CT molecular complexity index is 322. The highest BCUT2D eigenvalue weighted by molar-refractivity contribution is 5.75. The van der Waals surface area contributed by atoms with Crippen molar-refractivity contribution in [3.05, 3.63) is 18.2 Å². The van der Waals surface area contributed by atoms with E-state index in [0.717, 1.165) is 25.2 Å². The van der Waals surface area contributed by atoms with Crippen LogP contribution >= 0.6 is 0 Å². The quantitative estimate of drug-likeness (QED) is 0.664. The minimum atomic E-state index is 0.0566. The van der Waals surface area contributed by atoms with Crippen LogP contribution in [0.1, 0.15) is 25.5 Å². The first kappa shape index (κ1) is 12.7. The summed E-state index contributed by atoms with van der Waals surface area (Å²) in [5.41, 5.74) is 1.12. The zero-order chi connectivity index (χ0) is 11.8. The van der Waals surface area contributed by atoms with Gasteiger partial charge in [-0.15, -0.1) is 0 Å². The summed E-state index contributed by atoms with van der Waals surface area (Å²) in [7, 11) is 1.65. The number of carbonyl (C=O) groups excluding carboxylic acids is 1. The second-order valence-corrected chi connectivity index (χ2v) is 3.68. The van der Waals surface area contributed by atoms with Crippen molar-refractivity contribution in [2.24, 2.45) is 0 Å². The van der Waals surface area contributed by atoms with E-state index in [-0.39, 0.29) is 5.91 Å². The third kappa shape index (κ3) is 4.02. The van der Waals surface area contributed by atoms with E-state index in [1.807, 2.05) is 10.8 Å². The Hall–Kier alpha value is -1.36. The van der Waals surface area contributed by atoms with Gasteiger partial charge in [0, 0.05) is 32.8 Å². The number of hydrogen-bond donors (Lipinski definition) is 2. The molecule has 0 unspecified atom stereocenters. The zero-order valence-electron chi connectivity index (χ0n) is 9.99. The molecule has 0 bridgehead atoms. The molecule has 5 heteroatoms. The highest BCUT2D eigenvalue weighted by Gasteiger charge is 2.03. The third-order valence-electron chi connectivity index (χ3n) is 2.39. The van der Waals surface area contributed by atoms with Crippen molar-refractivity contribution in [1.29, 1.82) is 0 Å². The number of hydrogen-bond acceptors (Lipinski definition) is 3. The first-order valence-corrected chi connectivity index (χ1v) is 5.68. The minimum Gasteiger partial charge on any atom is -0.359 e. The normalized spacial score (nSPS) is 10.4. The van der Waals surface area contributed by atoms with E-state index in [1.165, 1.54) is 0 Å². The van der Waals surface area contributed by atoms with E-state index in [1.54, 1.807) is 13.4 Å². The van der Waals surface area contributed by atoms with Crippen molar-refractivity contribution < 1.29 is 4.79 Å². The summed E-state index contributed by atoms with van der Waals surface area (Å²) in [4.78, 5) is 15.2. The van der Waals surface area contributed by atoms with Crippen LogP contribution in [-0.2, 0) is 17.9 Å². The molecule has 1 aromatic rings. The number of imidazole rings is 1. The Labute approximate surface area is 96.3 Å². The Balaban J connectivity index is 2.40. The van der Waals surface area contributed by atoms with Crippen LogP contribution in [0.5, 0.6) is 0 Å². The molecule has 0 fully saturated rings. The molecule has 1 amide bonds. The molecular weight excluding hydrogens is 204 g/mol. The van der Waals surface area contributed by atoms with Crippen LogP contribution in [0.15, 0.2) is 12.5 Å². The van der Waals surface area contributed by atoms with Gasteiger partial charge in [-0.2, -0.15) is 0 Å². The van der Waals surface area contributed by atoms with Crippen LogP contribution in [0.2, 0.25) is 0 Å². The number of nitrogens with one attached hydrogen (secondary N) is 2. The van der Waals surface area contributed by atoms with Gasteiger partial charge in [0.15, 0.2) is 0 Å². The molecule has 5 nitrogen and oxygen atoms in total. The number of carbonyl (C=O) groups is 1. The van der Waals surface area contributed by atoms with Crippen molar-refractivity contribution in [3.63, 3.8) is 0 Å². The predicted octanol–water partition coefficient (Wildman–Crippen LogP) is 0.519. The molecule has 0 aliphatic carbocycles.